The van der Waals surface area contributed by atoms with Crippen LogP contribution in [0, 0.1) is 5.92 Å². The Morgan fingerprint density at radius 3 is 2.37 bits per heavy atom. The highest BCUT2D eigenvalue weighted by Crippen LogP contribution is 2.40. The van der Waals surface area contributed by atoms with Crippen LogP contribution in [0.15, 0.2) is 42.5 Å². The first-order chi connectivity index (χ1) is 20.7. The Morgan fingerprint density at radius 1 is 0.884 bits per heavy atom. The maximum atomic E-state index is 12.7. The van der Waals surface area contributed by atoms with Crippen molar-refractivity contribution in [3.8, 4) is 17.2 Å². The standard InChI is InChI=1S/C31H34N2O9S/c1-5-40-31(37)28-20-12-10-18(2)14-25(20)43-29(28)33-27(35)17-42-30(36)19-11-13-23(24(15-19)39-4)41-16-26(34)32-21-8-6-7-9-22(21)38-3/h6-9,11,13,15,18H,5,10,12,14,16-17H2,1-4H3,(H,32,34)(H,33,35)/t18-/m0/s1. The fourth-order valence-electron chi connectivity index (χ4n) is 4.63. The first-order valence-corrected chi connectivity index (χ1v) is 14.6. The summed E-state index contributed by atoms with van der Waals surface area (Å²) < 4.78 is 26.6. The Bertz CT molecular complexity index is 1500. The zero-order valence-corrected chi connectivity index (χ0v) is 25.3. The number of anilines is 2. The van der Waals surface area contributed by atoms with Gasteiger partial charge in [0.1, 0.15) is 10.8 Å². The third-order valence-corrected chi connectivity index (χ3v) is 7.89. The third kappa shape index (κ3) is 7.83. The number of thiophene rings is 1. The number of ether oxygens (including phenoxy) is 5. The van der Waals surface area contributed by atoms with Crippen LogP contribution in [0.4, 0.5) is 10.7 Å². The molecule has 1 heterocycles. The van der Waals surface area contributed by atoms with E-state index in [0.29, 0.717) is 27.9 Å². The minimum Gasteiger partial charge on any atom is -0.495 e. The van der Waals surface area contributed by atoms with Gasteiger partial charge < -0.3 is 34.3 Å². The summed E-state index contributed by atoms with van der Waals surface area (Å²) in [5.41, 5.74) is 1.91. The van der Waals surface area contributed by atoms with E-state index in [9.17, 15) is 19.2 Å². The SMILES string of the molecule is CCOC(=O)c1c(NC(=O)COC(=O)c2ccc(OCC(=O)Nc3ccccc3OC)c(OC)c2)sc2c1CC[C@H](C)C2. The second-order valence-electron chi connectivity index (χ2n) is 9.80. The number of carbonyl (C=O) groups excluding carboxylic acids is 4. The summed E-state index contributed by atoms with van der Waals surface area (Å²) in [6.07, 6.45) is 2.51. The van der Waals surface area contributed by atoms with E-state index in [-0.39, 0.29) is 30.3 Å². The number of benzene rings is 2. The number of methoxy groups -OCH3 is 2. The van der Waals surface area contributed by atoms with Gasteiger partial charge in [0.2, 0.25) is 0 Å². The number of fused-ring (bicyclic) bond motifs is 1. The monoisotopic (exact) mass is 610 g/mol. The average Bonchev–Trinajstić information content (AvgIpc) is 3.35. The van der Waals surface area contributed by atoms with E-state index in [2.05, 4.69) is 17.6 Å². The Balaban J connectivity index is 1.35. The highest BCUT2D eigenvalue weighted by molar-refractivity contribution is 7.17. The number of amides is 2. The first kappa shape index (κ1) is 31.4. The van der Waals surface area contributed by atoms with Gasteiger partial charge in [0.05, 0.1) is 37.6 Å². The fourth-order valence-corrected chi connectivity index (χ4v) is 6.04. The molecule has 1 atom stereocenters. The van der Waals surface area contributed by atoms with Gasteiger partial charge in [-0.2, -0.15) is 0 Å². The van der Waals surface area contributed by atoms with Crippen LogP contribution in [0.1, 0.15) is 51.4 Å². The van der Waals surface area contributed by atoms with Gasteiger partial charge in [-0.25, -0.2) is 9.59 Å². The summed E-state index contributed by atoms with van der Waals surface area (Å²) in [4.78, 5) is 51.6. The summed E-state index contributed by atoms with van der Waals surface area (Å²) >= 11 is 1.36. The molecule has 0 spiro atoms. The lowest BCUT2D eigenvalue weighted by Crippen LogP contribution is -2.22. The molecule has 3 aromatic rings. The summed E-state index contributed by atoms with van der Waals surface area (Å²) in [5, 5.41) is 5.83. The molecule has 0 bridgehead atoms. The van der Waals surface area contributed by atoms with Gasteiger partial charge in [-0.1, -0.05) is 19.1 Å². The van der Waals surface area contributed by atoms with Gasteiger partial charge in [-0.05, 0) is 68.0 Å². The van der Waals surface area contributed by atoms with Crippen molar-refractivity contribution in [2.75, 3.05) is 44.7 Å². The fraction of sp³-hybridized carbons (Fsp3) is 0.355. The van der Waals surface area contributed by atoms with E-state index in [1.165, 1.54) is 43.8 Å². The molecule has 2 N–H and O–H groups in total. The van der Waals surface area contributed by atoms with E-state index in [4.69, 9.17) is 23.7 Å². The van der Waals surface area contributed by atoms with Crippen molar-refractivity contribution in [1.29, 1.82) is 0 Å². The lowest BCUT2D eigenvalue weighted by atomic mass is 9.88. The van der Waals surface area contributed by atoms with Gasteiger partial charge >= 0.3 is 11.9 Å². The number of rotatable bonds is 12. The molecular weight excluding hydrogens is 576 g/mol. The Kier molecular flexibility index (Phi) is 10.6. The number of esters is 2. The molecule has 11 nitrogen and oxygen atoms in total. The van der Waals surface area contributed by atoms with Gasteiger partial charge in [0, 0.05) is 4.88 Å². The maximum absolute atomic E-state index is 12.7. The van der Waals surface area contributed by atoms with Crippen molar-refractivity contribution in [2.45, 2.75) is 33.1 Å². The summed E-state index contributed by atoms with van der Waals surface area (Å²) in [5.74, 6) is -0.835. The molecule has 228 valence electrons. The lowest BCUT2D eigenvalue weighted by molar-refractivity contribution is -0.119. The number of para-hydroxylation sites is 2. The first-order valence-electron chi connectivity index (χ1n) is 13.8. The molecule has 2 amide bonds. The van der Waals surface area contributed by atoms with Crippen LogP contribution in [-0.2, 0) is 31.9 Å². The van der Waals surface area contributed by atoms with Crippen molar-refractivity contribution < 1.29 is 42.9 Å². The summed E-state index contributed by atoms with van der Waals surface area (Å²) in [6.45, 7) is 3.21. The second-order valence-corrected chi connectivity index (χ2v) is 10.9. The average molecular weight is 611 g/mol. The van der Waals surface area contributed by atoms with E-state index < -0.39 is 30.4 Å². The van der Waals surface area contributed by atoms with E-state index in [1.54, 1.807) is 31.2 Å². The summed E-state index contributed by atoms with van der Waals surface area (Å²) in [7, 11) is 2.89. The molecule has 1 aliphatic carbocycles. The van der Waals surface area contributed by atoms with Crippen LogP contribution in [0.3, 0.4) is 0 Å². The molecule has 0 saturated carbocycles. The van der Waals surface area contributed by atoms with Gasteiger partial charge in [-0.3, -0.25) is 9.59 Å². The smallest absolute Gasteiger partial charge is 0.341 e. The molecule has 43 heavy (non-hydrogen) atoms. The topological polar surface area (TPSA) is 138 Å². The van der Waals surface area contributed by atoms with Crippen LogP contribution in [0.2, 0.25) is 0 Å². The van der Waals surface area contributed by atoms with Crippen LogP contribution in [0.25, 0.3) is 0 Å². The number of nitrogens with one attached hydrogen (secondary N) is 2. The molecule has 1 aromatic heterocycles. The van der Waals surface area contributed by atoms with Crippen LogP contribution in [0.5, 0.6) is 17.2 Å². The Labute approximate surface area is 253 Å². The lowest BCUT2D eigenvalue weighted by Gasteiger charge is -2.18. The van der Waals surface area contributed by atoms with Crippen LogP contribution < -0.4 is 24.8 Å². The highest BCUT2D eigenvalue weighted by Gasteiger charge is 2.29. The molecule has 0 saturated heterocycles. The zero-order valence-electron chi connectivity index (χ0n) is 24.4. The minimum atomic E-state index is -0.765. The number of carbonyl (C=O) groups is 4. The van der Waals surface area contributed by atoms with Crippen LogP contribution in [-0.4, -0.2) is 57.8 Å². The molecule has 1 aliphatic rings. The third-order valence-electron chi connectivity index (χ3n) is 6.72. The van der Waals surface area contributed by atoms with E-state index in [0.717, 1.165) is 29.7 Å². The molecule has 0 fully saturated rings. The number of hydrogen-bond acceptors (Lipinski definition) is 10. The molecular formula is C31H34N2O9S. The van der Waals surface area contributed by atoms with Crippen molar-refractivity contribution in [3.63, 3.8) is 0 Å². The van der Waals surface area contributed by atoms with Crippen molar-refractivity contribution in [2.24, 2.45) is 5.92 Å². The van der Waals surface area contributed by atoms with Gasteiger partial charge in [0.25, 0.3) is 11.8 Å². The Morgan fingerprint density at radius 2 is 1.63 bits per heavy atom. The van der Waals surface area contributed by atoms with Gasteiger partial charge in [0.15, 0.2) is 24.7 Å². The van der Waals surface area contributed by atoms with Gasteiger partial charge in [-0.15, -0.1) is 11.3 Å². The molecule has 12 heteroatoms. The zero-order chi connectivity index (χ0) is 30.9. The maximum Gasteiger partial charge on any atom is 0.341 e. The molecule has 2 aromatic carbocycles. The Hall–Kier alpha value is -4.58. The van der Waals surface area contributed by atoms with Crippen molar-refractivity contribution in [1.82, 2.24) is 0 Å². The molecule has 4 rings (SSSR count). The van der Waals surface area contributed by atoms with E-state index >= 15 is 0 Å². The highest BCUT2D eigenvalue weighted by atomic mass is 32.1. The largest absolute Gasteiger partial charge is 0.495 e. The van der Waals surface area contributed by atoms with Crippen molar-refractivity contribution >= 4 is 45.8 Å². The van der Waals surface area contributed by atoms with E-state index in [1.807, 2.05) is 0 Å². The second kappa shape index (κ2) is 14.5. The minimum absolute atomic E-state index is 0.114. The predicted molar refractivity (Wildman–Crippen MR) is 160 cm³/mol. The molecule has 0 aliphatic heterocycles. The number of hydrogen-bond donors (Lipinski definition) is 2. The molecule has 0 unspecified atom stereocenters. The summed E-state index contributed by atoms with van der Waals surface area (Å²) in [6, 6.07) is 11.3. The quantitative estimate of drug-likeness (QED) is 0.275. The van der Waals surface area contributed by atoms with Crippen LogP contribution >= 0.6 is 11.3 Å². The normalized spacial score (nSPS) is 13.7. The predicted octanol–water partition coefficient (Wildman–Crippen LogP) is 4.88. The van der Waals surface area contributed by atoms with Crippen molar-refractivity contribution in [3.05, 3.63) is 64.0 Å². The molecule has 0 radical (unpaired) electrons.